The number of pyridine rings is 1. The van der Waals surface area contributed by atoms with E-state index in [0.717, 1.165) is 6.07 Å². The average molecular weight is 207 g/mol. The van der Waals surface area contributed by atoms with Gasteiger partial charge in [0.25, 0.3) is 0 Å². The molecule has 0 spiro atoms. The molecule has 76 valence electrons. The molecule has 0 aliphatic rings. The van der Waals surface area contributed by atoms with Crippen LogP contribution in [0.2, 0.25) is 0 Å². The highest BCUT2D eigenvalue weighted by molar-refractivity contribution is 6.03. The van der Waals surface area contributed by atoms with Gasteiger partial charge in [-0.2, -0.15) is 0 Å². The summed E-state index contributed by atoms with van der Waals surface area (Å²) in [4.78, 5) is 14.5. The van der Waals surface area contributed by atoms with Gasteiger partial charge in [0, 0.05) is 11.6 Å². The van der Waals surface area contributed by atoms with Crippen LogP contribution in [0.3, 0.4) is 0 Å². The number of hydrogen-bond acceptors (Lipinski definition) is 3. The molecule has 2 N–H and O–H groups in total. The lowest BCUT2D eigenvalue weighted by Crippen LogP contribution is -1.98. The van der Waals surface area contributed by atoms with Crippen LogP contribution in [-0.2, 0) is 0 Å². The maximum atomic E-state index is 12.9. The van der Waals surface area contributed by atoms with Crippen molar-refractivity contribution in [2.75, 3.05) is 0 Å². The Bertz CT molecular complexity index is 554. The number of phenols is 1. The van der Waals surface area contributed by atoms with Crippen molar-refractivity contribution in [3.8, 4) is 5.75 Å². The highest BCUT2D eigenvalue weighted by atomic mass is 19.1. The number of hydrogen-bond donors (Lipinski definition) is 2. The SMILES string of the molecule is O=C(O)c1ccnc2c(O)c(F)ccc12. The fourth-order valence-electron chi connectivity index (χ4n) is 1.37. The molecule has 15 heavy (non-hydrogen) atoms. The van der Waals surface area contributed by atoms with Gasteiger partial charge in [-0.25, -0.2) is 9.18 Å². The van der Waals surface area contributed by atoms with Crippen molar-refractivity contribution < 1.29 is 19.4 Å². The Morgan fingerprint density at radius 2 is 2.07 bits per heavy atom. The maximum absolute atomic E-state index is 12.9. The number of halogens is 1. The molecule has 2 aromatic rings. The lowest BCUT2D eigenvalue weighted by Gasteiger charge is -2.03. The van der Waals surface area contributed by atoms with Gasteiger partial charge in [0.1, 0.15) is 5.52 Å². The molecule has 0 atom stereocenters. The van der Waals surface area contributed by atoms with Crippen molar-refractivity contribution >= 4 is 16.9 Å². The third kappa shape index (κ3) is 1.38. The van der Waals surface area contributed by atoms with Gasteiger partial charge in [-0.15, -0.1) is 0 Å². The molecule has 0 saturated carbocycles. The molecule has 0 aliphatic heterocycles. The molecule has 0 unspecified atom stereocenters. The smallest absolute Gasteiger partial charge is 0.336 e. The molecule has 0 saturated heterocycles. The highest BCUT2D eigenvalue weighted by Crippen LogP contribution is 2.27. The van der Waals surface area contributed by atoms with E-state index in [2.05, 4.69) is 4.98 Å². The summed E-state index contributed by atoms with van der Waals surface area (Å²) in [6.45, 7) is 0. The fraction of sp³-hybridized carbons (Fsp3) is 0. The van der Waals surface area contributed by atoms with Crippen LogP contribution in [0.4, 0.5) is 4.39 Å². The number of carboxylic acid groups (broad SMARTS) is 1. The molecule has 0 bridgehead atoms. The van der Waals surface area contributed by atoms with Crippen LogP contribution in [-0.4, -0.2) is 21.2 Å². The molecule has 1 aromatic carbocycles. The third-order valence-electron chi connectivity index (χ3n) is 2.07. The topological polar surface area (TPSA) is 70.4 Å². The van der Waals surface area contributed by atoms with E-state index in [0.29, 0.717) is 0 Å². The summed E-state index contributed by atoms with van der Waals surface area (Å²) in [7, 11) is 0. The van der Waals surface area contributed by atoms with E-state index in [1.165, 1.54) is 18.3 Å². The summed E-state index contributed by atoms with van der Waals surface area (Å²) in [6.07, 6.45) is 1.21. The number of carboxylic acids is 1. The molecule has 1 aromatic heterocycles. The zero-order chi connectivity index (χ0) is 11.0. The van der Waals surface area contributed by atoms with Gasteiger partial charge in [0.05, 0.1) is 5.56 Å². The Labute approximate surface area is 83.6 Å². The summed E-state index contributed by atoms with van der Waals surface area (Å²) < 4.78 is 12.9. The van der Waals surface area contributed by atoms with Gasteiger partial charge < -0.3 is 10.2 Å². The lowest BCUT2D eigenvalue weighted by molar-refractivity contribution is 0.0699. The lowest BCUT2D eigenvalue weighted by atomic mass is 10.1. The molecule has 0 fully saturated rings. The Morgan fingerprint density at radius 3 is 2.73 bits per heavy atom. The van der Waals surface area contributed by atoms with Crippen molar-refractivity contribution in [1.29, 1.82) is 0 Å². The molecule has 4 nitrogen and oxygen atoms in total. The molecule has 0 aliphatic carbocycles. The number of aromatic carboxylic acids is 1. The van der Waals surface area contributed by atoms with Gasteiger partial charge in [0.2, 0.25) is 0 Å². The van der Waals surface area contributed by atoms with Gasteiger partial charge >= 0.3 is 5.97 Å². The predicted octanol–water partition coefficient (Wildman–Crippen LogP) is 1.78. The van der Waals surface area contributed by atoms with Crippen molar-refractivity contribution in [3.63, 3.8) is 0 Å². The van der Waals surface area contributed by atoms with Crippen LogP contribution in [0.5, 0.6) is 5.75 Å². The van der Waals surface area contributed by atoms with E-state index in [1.54, 1.807) is 0 Å². The molecule has 0 radical (unpaired) electrons. The monoisotopic (exact) mass is 207 g/mol. The quantitative estimate of drug-likeness (QED) is 0.747. The van der Waals surface area contributed by atoms with E-state index < -0.39 is 17.5 Å². The van der Waals surface area contributed by atoms with E-state index in [-0.39, 0.29) is 16.5 Å². The van der Waals surface area contributed by atoms with Crippen molar-refractivity contribution in [1.82, 2.24) is 4.98 Å². The first kappa shape index (κ1) is 9.39. The van der Waals surface area contributed by atoms with Crippen LogP contribution >= 0.6 is 0 Å². The Hall–Kier alpha value is -2.17. The number of carbonyl (C=O) groups is 1. The second kappa shape index (κ2) is 3.20. The minimum Gasteiger partial charge on any atom is -0.503 e. The van der Waals surface area contributed by atoms with E-state index in [4.69, 9.17) is 5.11 Å². The largest absolute Gasteiger partial charge is 0.503 e. The first-order chi connectivity index (χ1) is 7.11. The Kier molecular flexibility index (Phi) is 2.00. The molecule has 5 heteroatoms. The van der Waals surface area contributed by atoms with Crippen LogP contribution in [0.25, 0.3) is 10.9 Å². The fourth-order valence-corrected chi connectivity index (χ4v) is 1.37. The van der Waals surface area contributed by atoms with Crippen LogP contribution < -0.4 is 0 Å². The van der Waals surface area contributed by atoms with Gasteiger partial charge in [0.15, 0.2) is 11.6 Å². The molecular formula is C10H6FNO3. The molecule has 0 amide bonds. The molecule has 2 rings (SSSR count). The van der Waals surface area contributed by atoms with E-state index >= 15 is 0 Å². The third-order valence-corrected chi connectivity index (χ3v) is 2.07. The summed E-state index contributed by atoms with van der Waals surface area (Å²) in [5.41, 5.74) is -0.0646. The standard InChI is InChI=1S/C10H6FNO3/c11-7-2-1-5-6(10(14)15)3-4-12-8(5)9(7)13/h1-4,13H,(H,14,15). The molecule has 1 heterocycles. The zero-order valence-corrected chi connectivity index (χ0v) is 7.44. The van der Waals surface area contributed by atoms with Gasteiger partial charge in [-0.3, -0.25) is 4.98 Å². The first-order valence-electron chi connectivity index (χ1n) is 4.10. The van der Waals surface area contributed by atoms with E-state index in [1.807, 2.05) is 0 Å². The van der Waals surface area contributed by atoms with Crippen molar-refractivity contribution in [2.45, 2.75) is 0 Å². The summed E-state index contributed by atoms with van der Waals surface area (Å²) in [6, 6.07) is 3.58. The number of fused-ring (bicyclic) bond motifs is 1. The second-order valence-corrected chi connectivity index (χ2v) is 2.96. The van der Waals surface area contributed by atoms with Crippen LogP contribution in [0, 0.1) is 5.82 Å². The van der Waals surface area contributed by atoms with Crippen molar-refractivity contribution in [3.05, 3.63) is 35.8 Å². The predicted molar refractivity (Wildman–Crippen MR) is 50.3 cm³/mol. The summed E-state index contributed by atoms with van der Waals surface area (Å²) >= 11 is 0. The number of aromatic hydroxyl groups is 1. The zero-order valence-electron chi connectivity index (χ0n) is 7.44. The van der Waals surface area contributed by atoms with Crippen LogP contribution in [0.1, 0.15) is 10.4 Å². The summed E-state index contributed by atoms with van der Waals surface area (Å²) in [5.74, 6) is -2.60. The second-order valence-electron chi connectivity index (χ2n) is 2.96. The minimum absolute atomic E-state index is 0.0182. The number of aromatic nitrogens is 1. The summed E-state index contributed by atoms with van der Waals surface area (Å²) in [5, 5.41) is 18.4. The average Bonchev–Trinajstić information content (AvgIpc) is 2.23. The Morgan fingerprint density at radius 1 is 1.33 bits per heavy atom. The van der Waals surface area contributed by atoms with Gasteiger partial charge in [-0.05, 0) is 18.2 Å². The number of benzene rings is 1. The number of nitrogens with zero attached hydrogens (tertiary/aromatic N) is 1. The van der Waals surface area contributed by atoms with E-state index in [9.17, 15) is 14.3 Å². The van der Waals surface area contributed by atoms with Crippen molar-refractivity contribution in [2.24, 2.45) is 0 Å². The first-order valence-corrected chi connectivity index (χ1v) is 4.10. The van der Waals surface area contributed by atoms with Gasteiger partial charge in [-0.1, -0.05) is 0 Å². The minimum atomic E-state index is -1.14. The number of phenolic OH excluding ortho intramolecular Hbond substituents is 1. The van der Waals surface area contributed by atoms with Crippen LogP contribution in [0.15, 0.2) is 24.4 Å². The Balaban J connectivity index is 2.89. The highest BCUT2D eigenvalue weighted by Gasteiger charge is 2.13. The molecular weight excluding hydrogens is 201 g/mol. The number of rotatable bonds is 1. The normalized spacial score (nSPS) is 10.5. The maximum Gasteiger partial charge on any atom is 0.336 e.